The minimum absolute atomic E-state index is 0.243. The maximum Gasteiger partial charge on any atom is 0.343 e. The fourth-order valence-corrected chi connectivity index (χ4v) is 2.52. The minimum Gasteiger partial charge on any atom is -0.462 e. The molecule has 0 aliphatic carbocycles. The molecule has 0 saturated heterocycles. The number of rotatable bonds is 5. The Morgan fingerprint density at radius 2 is 2.29 bits per heavy atom. The number of nitrogen functional groups attached to an aromatic ring is 1. The summed E-state index contributed by atoms with van der Waals surface area (Å²) in [5.41, 5.74) is 5.92. The van der Waals surface area contributed by atoms with Crippen LogP contribution in [0.2, 0.25) is 0 Å². The molecule has 8 nitrogen and oxygen atoms in total. The van der Waals surface area contributed by atoms with Gasteiger partial charge in [-0.1, -0.05) is 0 Å². The maximum absolute atomic E-state index is 11.8. The predicted octanol–water partition coefficient (Wildman–Crippen LogP) is 0.896. The summed E-state index contributed by atoms with van der Waals surface area (Å²) in [5.74, 6) is -0.505. The third kappa shape index (κ3) is 3.24. The van der Waals surface area contributed by atoms with E-state index in [0.29, 0.717) is 16.7 Å². The molecule has 112 valence electrons. The van der Waals surface area contributed by atoms with E-state index < -0.39 is 5.97 Å². The number of anilines is 1. The van der Waals surface area contributed by atoms with Crippen molar-refractivity contribution in [2.45, 2.75) is 30.6 Å². The molecule has 0 aromatic carbocycles. The summed E-state index contributed by atoms with van der Waals surface area (Å²) in [4.78, 5) is 27.4. The molecule has 2 rings (SSSR count). The van der Waals surface area contributed by atoms with E-state index in [4.69, 9.17) is 10.5 Å². The number of aromatic nitrogens is 4. The molecule has 3 N–H and O–H groups in total. The lowest BCUT2D eigenvalue weighted by molar-refractivity contribution is 0.0527. The number of esters is 1. The molecule has 9 heteroatoms. The van der Waals surface area contributed by atoms with E-state index in [0.717, 1.165) is 11.8 Å². The highest BCUT2D eigenvalue weighted by atomic mass is 32.2. The number of nitrogens with two attached hydrogens (primary N) is 1. The quantitative estimate of drug-likeness (QED) is 0.788. The summed E-state index contributed by atoms with van der Waals surface area (Å²) in [6.45, 7) is 4.30. The van der Waals surface area contributed by atoms with Gasteiger partial charge < -0.3 is 10.5 Å². The Kier molecular flexibility index (Phi) is 4.63. The van der Waals surface area contributed by atoms with Gasteiger partial charge >= 0.3 is 11.7 Å². The largest absolute Gasteiger partial charge is 0.462 e. The van der Waals surface area contributed by atoms with E-state index in [-0.39, 0.29) is 23.5 Å². The van der Waals surface area contributed by atoms with Crippen molar-refractivity contribution in [3.63, 3.8) is 0 Å². The first-order valence-electron chi connectivity index (χ1n) is 6.32. The van der Waals surface area contributed by atoms with Crippen molar-refractivity contribution in [1.82, 2.24) is 19.7 Å². The number of pyridine rings is 1. The number of H-pyrrole nitrogens is 1. The summed E-state index contributed by atoms with van der Waals surface area (Å²) in [5, 5.41) is 7.25. The summed E-state index contributed by atoms with van der Waals surface area (Å²) < 4.78 is 6.40. The van der Waals surface area contributed by atoms with Crippen molar-refractivity contribution in [2.75, 3.05) is 12.3 Å². The molecule has 0 aliphatic heterocycles. The number of aromatic amines is 1. The Labute approximate surface area is 124 Å². The molecule has 0 aliphatic rings. The molecule has 0 amide bonds. The fourth-order valence-electron chi connectivity index (χ4n) is 1.64. The second-order valence-electron chi connectivity index (χ2n) is 3.99. The summed E-state index contributed by atoms with van der Waals surface area (Å²) in [7, 11) is 0. The lowest BCUT2D eigenvalue weighted by atomic mass is 10.2. The van der Waals surface area contributed by atoms with E-state index >= 15 is 0 Å². The van der Waals surface area contributed by atoms with E-state index in [1.165, 1.54) is 16.8 Å². The van der Waals surface area contributed by atoms with Crippen LogP contribution >= 0.6 is 11.8 Å². The van der Waals surface area contributed by atoms with Gasteiger partial charge in [0.15, 0.2) is 5.16 Å². The van der Waals surface area contributed by atoms with Gasteiger partial charge in [0.2, 0.25) is 0 Å². The number of hydrogen-bond donors (Lipinski definition) is 2. The SMILES string of the molecule is CCOC(=O)c1cc(Sc2n[nH]c(=O)n2CC)ncc1N. The second-order valence-corrected chi connectivity index (χ2v) is 4.98. The van der Waals surface area contributed by atoms with Crippen LogP contribution in [0.4, 0.5) is 5.69 Å². The van der Waals surface area contributed by atoms with E-state index in [2.05, 4.69) is 15.2 Å². The van der Waals surface area contributed by atoms with Gasteiger partial charge in [0, 0.05) is 6.54 Å². The standard InChI is InChI=1S/C12H15N5O3S/c1-3-17-11(19)15-16-12(17)21-9-5-7(8(13)6-14-9)10(18)20-4-2/h5-6H,3-4,13H2,1-2H3,(H,15,19). The fraction of sp³-hybridized carbons (Fsp3) is 0.333. The van der Waals surface area contributed by atoms with Crippen LogP contribution in [0.25, 0.3) is 0 Å². The van der Waals surface area contributed by atoms with Crippen LogP contribution < -0.4 is 11.4 Å². The minimum atomic E-state index is -0.505. The van der Waals surface area contributed by atoms with Crippen LogP contribution in [0.15, 0.2) is 27.2 Å². The lowest BCUT2D eigenvalue weighted by Crippen LogP contribution is -2.16. The zero-order chi connectivity index (χ0) is 15.4. The molecule has 0 fully saturated rings. The Bertz CT molecular complexity index is 709. The molecule has 0 atom stereocenters. The molecule has 0 spiro atoms. The average molecular weight is 309 g/mol. The van der Waals surface area contributed by atoms with Crippen LogP contribution in [0.5, 0.6) is 0 Å². The number of nitrogens with one attached hydrogen (secondary N) is 1. The Morgan fingerprint density at radius 1 is 1.52 bits per heavy atom. The first-order valence-corrected chi connectivity index (χ1v) is 7.14. The van der Waals surface area contributed by atoms with Gasteiger partial charge in [-0.2, -0.15) is 0 Å². The lowest BCUT2D eigenvalue weighted by Gasteiger charge is -2.07. The third-order valence-corrected chi connectivity index (χ3v) is 3.57. The van der Waals surface area contributed by atoms with Crippen molar-refractivity contribution >= 4 is 23.4 Å². The Balaban J connectivity index is 2.31. The molecule has 0 bridgehead atoms. The highest BCUT2D eigenvalue weighted by Crippen LogP contribution is 2.26. The average Bonchev–Trinajstić information content (AvgIpc) is 2.81. The van der Waals surface area contributed by atoms with Gasteiger partial charge in [-0.15, -0.1) is 5.10 Å². The first kappa shape index (κ1) is 15.1. The number of carbonyl (C=O) groups excluding carboxylic acids is 1. The maximum atomic E-state index is 11.8. The van der Waals surface area contributed by atoms with Gasteiger partial charge in [-0.25, -0.2) is 19.7 Å². The van der Waals surface area contributed by atoms with Crippen molar-refractivity contribution in [3.8, 4) is 0 Å². The zero-order valence-corrected chi connectivity index (χ0v) is 12.4. The second kappa shape index (κ2) is 6.44. The Morgan fingerprint density at radius 3 is 2.95 bits per heavy atom. The molecule has 2 aromatic heterocycles. The highest BCUT2D eigenvalue weighted by Gasteiger charge is 2.15. The zero-order valence-electron chi connectivity index (χ0n) is 11.6. The summed E-state index contributed by atoms with van der Waals surface area (Å²) in [6, 6.07) is 1.52. The van der Waals surface area contributed by atoms with Crippen LogP contribution in [0.3, 0.4) is 0 Å². The van der Waals surface area contributed by atoms with Crippen molar-refractivity contribution in [1.29, 1.82) is 0 Å². The van der Waals surface area contributed by atoms with Crippen LogP contribution in [-0.4, -0.2) is 32.3 Å². The summed E-state index contributed by atoms with van der Waals surface area (Å²) in [6.07, 6.45) is 1.38. The van der Waals surface area contributed by atoms with Gasteiger partial charge in [0.05, 0.1) is 24.1 Å². The first-order chi connectivity index (χ1) is 10.1. The molecular formula is C12H15N5O3S. The van der Waals surface area contributed by atoms with Gasteiger partial charge in [-0.3, -0.25) is 4.57 Å². The van der Waals surface area contributed by atoms with Gasteiger partial charge in [0.1, 0.15) is 5.03 Å². The van der Waals surface area contributed by atoms with Crippen molar-refractivity contribution in [2.24, 2.45) is 0 Å². The van der Waals surface area contributed by atoms with E-state index in [1.54, 1.807) is 6.92 Å². The molecule has 0 radical (unpaired) electrons. The number of carbonyl (C=O) groups is 1. The topological polar surface area (TPSA) is 116 Å². The van der Waals surface area contributed by atoms with Crippen LogP contribution in [-0.2, 0) is 11.3 Å². The van der Waals surface area contributed by atoms with Gasteiger partial charge in [-0.05, 0) is 31.7 Å². The third-order valence-electron chi connectivity index (χ3n) is 2.64. The molecule has 21 heavy (non-hydrogen) atoms. The Hall–Kier alpha value is -2.29. The van der Waals surface area contributed by atoms with E-state index in [1.807, 2.05) is 6.92 Å². The number of nitrogens with zero attached hydrogens (tertiary/aromatic N) is 3. The molecule has 2 heterocycles. The van der Waals surface area contributed by atoms with Crippen molar-refractivity contribution in [3.05, 3.63) is 28.3 Å². The molecular weight excluding hydrogens is 294 g/mol. The van der Waals surface area contributed by atoms with Crippen LogP contribution in [0, 0.1) is 0 Å². The summed E-state index contributed by atoms with van der Waals surface area (Å²) >= 11 is 1.16. The van der Waals surface area contributed by atoms with Crippen LogP contribution in [0.1, 0.15) is 24.2 Å². The van der Waals surface area contributed by atoms with E-state index in [9.17, 15) is 9.59 Å². The smallest absolute Gasteiger partial charge is 0.343 e. The molecule has 0 saturated carbocycles. The van der Waals surface area contributed by atoms with Crippen molar-refractivity contribution < 1.29 is 9.53 Å². The predicted molar refractivity (Wildman–Crippen MR) is 77.3 cm³/mol. The number of hydrogen-bond acceptors (Lipinski definition) is 7. The normalized spacial score (nSPS) is 10.6. The monoisotopic (exact) mass is 309 g/mol. The molecule has 0 unspecified atom stereocenters. The van der Waals surface area contributed by atoms with Gasteiger partial charge in [0.25, 0.3) is 0 Å². The number of ether oxygens (including phenoxy) is 1. The highest BCUT2D eigenvalue weighted by molar-refractivity contribution is 7.99. The molecule has 2 aromatic rings.